The first kappa shape index (κ1) is 8.86. The Bertz CT molecular complexity index is 247. The van der Waals surface area contributed by atoms with E-state index in [-0.39, 0.29) is 5.89 Å². The Labute approximate surface area is 69.7 Å². The lowest BCUT2D eigenvalue weighted by Crippen LogP contribution is -1.99. The molecule has 0 aliphatic rings. The predicted molar refractivity (Wildman–Crippen MR) is 39.9 cm³/mol. The molecule has 0 unspecified atom stereocenters. The quantitative estimate of drug-likeness (QED) is 0.474. The van der Waals surface area contributed by atoms with E-state index in [9.17, 15) is 4.79 Å². The molecule has 1 rings (SSSR count). The molecule has 0 saturated carbocycles. The average Bonchev–Trinajstić information content (AvgIpc) is 2.53. The molecular formula is C7H10N2O3. The van der Waals surface area contributed by atoms with Gasteiger partial charge in [0.1, 0.15) is 0 Å². The van der Waals surface area contributed by atoms with Crippen molar-refractivity contribution in [2.45, 2.75) is 13.3 Å². The Morgan fingerprint density at radius 2 is 2.50 bits per heavy atom. The third-order valence-corrected chi connectivity index (χ3v) is 1.26. The number of hydrogen-bond acceptors (Lipinski definition) is 5. The van der Waals surface area contributed by atoms with Crippen molar-refractivity contribution in [1.29, 1.82) is 0 Å². The maximum Gasteiger partial charge on any atom is 0.290 e. The van der Waals surface area contributed by atoms with Crippen LogP contribution in [-0.4, -0.2) is 29.6 Å². The molecule has 12 heavy (non-hydrogen) atoms. The molecule has 0 amide bonds. The lowest BCUT2D eigenvalue weighted by molar-refractivity contribution is 0.108. The molecule has 0 saturated heterocycles. The zero-order valence-electron chi connectivity index (χ0n) is 6.82. The molecular weight excluding hydrogens is 160 g/mol. The van der Waals surface area contributed by atoms with E-state index in [1.54, 1.807) is 0 Å². The van der Waals surface area contributed by atoms with Crippen LogP contribution in [0.5, 0.6) is 0 Å². The Balaban J connectivity index is 2.36. The molecule has 0 aliphatic heterocycles. The fourth-order valence-electron chi connectivity index (χ4n) is 0.725. The van der Waals surface area contributed by atoms with E-state index >= 15 is 0 Å². The molecule has 0 bridgehead atoms. The summed E-state index contributed by atoms with van der Waals surface area (Å²) in [7, 11) is 0. The van der Waals surface area contributed by atoms with Gasteiger partial charge in [-0.3, -0.25) is 4.79 Å². The smallest absolute Gasteiger partial charge is 0.290 e. The Hall–Kier alpha value is -1.23. The second-order valence-electron chi connectivity index (χ2n) is 2.11. The number of aromatic nitrogens is 2. The van der Waals surface area contributed by atoms with Crippen LogP contribution in [0.25, 0.3) is 0 Å². The van der Waals surface area contributed by atoms with Gasteiger partial charge >= 0.3 is 0 Å². The highest BCUT2D eigenvalue weighted by molar-refractivity contribution is 5.66. The van der Waals surface area contributed by atoms with E-state index < -0.39 is 0 Å². The Morgan fingerprint density at radius 3 is 3.08 bits per heavy atom. The molecule has 1 aromatic rings. The van der Waals surface area contributed by atoms with Crippen molar-refractivity contribution in [3.8, 4) is 0 Å². The molecule has 5 heteroatoms. The summed E-state index contributed by atoms with van der Waals surface area (Å²) in [4.78, 5) is 13.9. The highest BCUT2D eigenvalue weighted by Crippen LogP contribution is 1.95. The zero-order chi connectivity index (χ0) is 8.81. The summed E-state index contributed by atoms with van der Waals surface area (Å²) in [6.07, 6.45) is 1.10. The standard InChI is InChI=1S/C7H10N2O3/c1-2-11-4-3-6-8-7(5-10)12-9-6/h5H,2-4H2,1H3. The summed E-state index contributed by atoms with van der Waals surface area (Å²) in [5.41, 5.74) is 0. The van der Waals surface area contributed by atoms with Crippen LogP contribution < -0.4 is 0 Å². The van der Waals surface area contributed by atoms with E-state index in [1.165, 1.54) is 0 Å². The third kappa shape index (κ3) is 2.43. The number of hydrogen-bond donors (Lipinski definition) is 0. The molecule has 0 atom stereocenters. The van der Waals surface area contributed by atoms with Gasteiger partial charge in [0.15, 0.2) is 5.82 Å². The highest BCUT2D eigenvalue weighted by atomic mass is 16.5. The van der Waals surface area contributed by atoms with Gasteiger partial charge in [0.05, 0.1) is 6.61 Å². The van der Waals surface area contributed by atoms with Crippen molar-refractivity contribution in [1.82, 2.24) is 10.1 Å². The van der Waals surface area contributed by atoms with Crippen molar-refractivity contribution in [3.63, 3.8) is 0 Å². The van der Waals surface area contributed by atoms with Gasteiger partial charge < -0.3 is 9.26 Å². The van der Waals surface area contributed by atoms with Crippen molar-refractivity contribution in [2.75, 3.05) is 13.2 Å². The summed E-state index contributed by atoms with van der Waals surface area (Å²) >= 11 is 0. The normalized spacial score (nSPS) is 10.1. The van der Waals surface area contributed by atoms with Crippen molar-refractivity contribution in [3.05, 3.63) is 11.7 Å². The van der Waals surface area contributed by atoms with Crippen LogP contribution in [0, 0.1) is 0 Å². The Kier molecular flexibility index (Phi) is 3.40. The summed E-state index contributed by atoms with van der Waals surface area (Å²) in [6, 6.07) is 0. The fourth-order valence-corrected chi connectivity index (χ4v) is 0.725. The number of carbonyl (C=O) groups excluding carboxylic acids is 1. The fraction of sp³-hybridized carbons (Fsp3) is 0.571. The van der Waals surface area contributed by atoms with Crippen LogP contribution in [-0.2, 0) is 11.2 Å². The van der Waals surface area contributed by atoms with Gasteiger partial charge in [-0.15, -0.1) is 0 Å². The summed E-state index contributed by atoms with van der Waals surface area (Å²) in [5, 5.41) is 3.56. The summed E-state index contributed by atoms with van der Waals surface area (Å²) in [6.45, 7) is 3.12. The first-order chi connectivity index (χ1) is 5.86. The van der Waals surface area contributed by atoms with Crippen LogP contribution in [0.15, 0.2) is 4.52 Å². The van der Waals surface area contributed by atoms with Gasteiger partial charge in [-0.25, -0.2) is 0 Å². The number of aldehydes is 1. The highest BCUT2D eigenvalue weighted by Gasteiger charge is 2.03. The maximum atomic E-state index is 10.1. The van der Waals surface area contributed by atoms with Crippen LogP contribution >= 0.6 is 0 Å². The average molecular weight is 170 g/mol. The summed E-state index contributed by atoms with van der Waals surface area (Å²) < 4.78 is 9.63. The monoisotopic (exact) mass is 170 g/mol. The van der Waals surface area contributed by atoms with Crippen LogP contribution in [0.4, 0.5) is 0 Å². The first-order valence-corrected chi connectivity index (χ1v) is 3.72. The number of nitrogens with zero attached hydrogens (tertiary/aromatic N) is 2. The van der Waals surface area contributed by atoms with Gasteiger partial charge in [0, 0.05) is 13.0 Å². The third-order valence-electron chi connectivity index (χ3n) is 1.26. The van der Waals surface area contributed by atoms with Crippen molar-refractivity contribution in [2.24, 2.45) is 0 Å². The molecule has 5 nitrogen and oxygen atoms in total. The number of ether oxygens (including phenoxy) is 1. The zero-order valence-corrected chi connectivity index (χ0v) is 6.82. The molecule has 1 aromatic heterocycles. The number of carbonyl (C=O) groups is 1. The molecule has 0 spiro atoms. The minimum absolute atomic E-state index is 0.0153. The molecule has 1 heterocycles. The molecule has 0 radical (unpaired) electrons. The van der Waals surface area contributed by atoms with Crippen LogP contribution in [0.3, 0.4) is 0 Å². The minimum atomic E-state index is 0.0153. The maximum absolute atomic E-state index is 10.1. The van der Waals surface area contributed by atoms with Gasteiger partial charge in [0.2, 0.25) is 6.29 Å². The van der Waals surface area contributed by atoms with E-state index in [4.69, 9.17) is 4.74 Å². The largest absolute Gasteiger partial charge is 0.381 e. The van der Waals surface area contributed by atoms with Crippen molar-refractivity contribution < 1.29 is 14.1 Å². The second kappa shape index (κ2) is 4.61. The lowest BCUT2D eigenvalue weighted by Gasteiger charge is -1.94. The number of rotatable bonds is 5. The van der Waals surface area contributed by atoms with Gasteiger partial charge in [-0.05, 0) is 6.92 Å². The van der Waals surface area contributed by atoms with Crippen molar-refractivity contribution >= 4 is 6.29 Å². The molecule has 0 aromatic carbocycles. The SMILES string of the molecule is CCOCCc1noc(C=O)n1. The van der Waals surface area contributed by atoms with Gasteiger partial charge in [-0.1, -0.05) is 5.16 Å². The predicted octanol–water partition coefficient (Wildman–Crippen LogP) is 0.461. The Morgan fingerprint density at radius 1 is 1.67 bits per heavy atom. The topological polar surface area (TPSA) is 65.2 Å². The molecule has 0 N–H and O–H groups in total. The summed E-state index contributed by atoms with van der Waals surface area (Å²) in [5.74, 6) is 0.520. The first-order valence-electron chi connectivity index (χ1n) is 3.72. The lowest BCUT2D eigenvalue weighted by atomic mass is 10.4. The molecule has 0 aliphatic carbocycles. The van der Waals surface area contributed by atoms with Gasteiger partial charge in [-0.2, -0.15) is 4.98 Å². The second-order valence-corrected chi connectivity index (χ2v) is 2.11. The van der Waals surface area contributed by atoms with E-state index in [1.807, 2.05) is 6.92 Å². The van der Waals surface area contributed by atoms with Gasteiger partial charge in [0.25, 0.3) is 5.89 Å². The van der Waals surface area contributed by atoms with Crippen LogP contribution in [0.2, 0.25) is 0 Å². The van der Waals surface area contributed by atoms with Crippen LogP contribution in [0.1, 0.15) is 23.4 Å². The van der Waals surface area contributed by atoms with E-state index in [0.717, 1.165) is 0 Å². The van der Waals surface area contributed by atoms with E-state index in [2.05, 4.69) is 14.7 Å². The van der Waals surface area contributed by atoms with E-state index in [0.29, 0.717) is 31.7 Å². The molecule has 66 valence electrons. The molecule has 0 fully saturated rings. The minimum Gasteiger partial charge on any atom is -0.381 e.